The molecule has 0 aliphatic carbocycles. The quantitative estimate of drug-likeness (QED) is 0.388. The zero-order valence-electron chi connectivity index (χ0n) is 21.5. The van der Waals surface area contributed by atoms with Crippen LogP contribution in [0.5, 0.6) is 11.5 Å². The maximum atomic E-state index is 13.6. The molecule has 3 aromatic rings. The number of methoxy groups -OCH3 is 1. The lowest BCUT2D eigenvalue weighted by molar-refractivity contribution is -0.142. The van der Waals surface area contributed by atoms with Crippen molar-refractivity contribution in [1.82, 2.24) is 19.8 Å². The third kappa shape index (κ3) is 5.92. The fourth-order valence-corrected chi connectivity index (χ4v) is 5.10. The van der Waals surface area contributed by atoms with Crippen LogP contribution in [0.2, 0.25) is 5.02 Å². The molecule has 2 aliphatic rings. The average Bonchev–Trinajstić information content (AvgIpc) is 3.33. The molecular formula is C27H31ClFN5O4. The molecule has 0 saturated carbocycles. The molecule has 0 radical (unpaired) electrons. The normalized spacial score (nSPS) is 19.4. The maximum absolute atomic E-state index is 13.6. The van der Waals surface area contributed by atoms with Gasteiger partial charge in [-0.3, -0.25) is 14.6 Å². The van der Waals surface area contributed by atoms with Crippen molar-refractivity contribution in [2.24, 2.45) is 0 Å². The zero-order chi connectivity index (χ0) is 26.6. The second-order valence-electron chi connectivity index (χ2n) is 9.46. The Morgan fingerprint density at radius 3 is 2.68 bits per heavy atom. The minimum absolute atomic E-state index is 0.00977. The van der Waals surface area contributed by atoms with E-state index in [0.717, 1.165) is 51.0 Å². The number of cyclic esters (lactones) is 1. The van der Waals surface area contributed by atoms with Crippen LogP contribution in [-0.2, 0) is 9.53 Å². The number of esters is 1. The second kappa shape index (κ2) is 11.7. The van der Waals surface area contributed by atoms with Crippen LogP contribution in [-0.4, -0.2) is 77.9 Å². The molecule has 9 nitrogen and oxygen atoms in total. The van der Waals surface area contributed by atoms with Crippen LogP contribution < -0.4 is 14.8 Å². The number of rotatable bonds is 9. The zero-order valence-corrected chi connectivity index (χ0v) is 22.2. The first-order chi connectivity index (χ1) is 18.4. The van der Waals surface area contributed by atoms with E-state index in [2.05, 4.69) is 32.0 Å². The molecule has 11 heteroatoms. The molecular weight excluding hydrogens is 513 g/mol. The lowest BCUT2D eigenvalue weighted by Gasteiger charge is -2.39. The summed E-state index contributed by atoms with van der Waals surface area (Å²) >= 11 is 5.94. The van der Waals surface area contributed by atoms with E-state index in [1.54, 1.807) is 13.2 Å². The van der Waals surface area contributed by atoms with Gasteiger partial charge in [0.1, 0.15) is 24.1 Å². The van der Waals surface area contributed by atoms with E-state index in [9.17, 15) is 9.18 Å². The van der Waals surface area contributed by atoms with Crippen LogP contribution in [0, 0.1) is 5.82 Å². The third-order valence-electron chi connectivity index (χ3n) is 6.96. The van der Waals surface area contributed by atoms with Gasteiger partial charge in [-0.15, -0.1) is 0 Å². The number of fused-ring (bicyclic) bond motifs is 1. The summed E-state index contributed by atoms with van der Waals surface area (Å²) in [6.45, 7) is 6.37. The van der Waals surface area contributed by atoms with Crippen LogP contribution in [0.1, 0.15) is 26.2 Å². The Morgan fingerprint density at radius 1 is 1.18 bits per heavy atom. The molecule has 0 spiro atoms. The molecule has 202 valence electrons. The highest BCUT2D eigenvalue weighted by atomic mass is 35.5. The van der Waals surface area contributed by atoms with Gasteiger partial charge in [-0.25, -0.2) is 14.4 Å². The molecule has 1 aromatic heterocycles. The highest BCUT2D eigenvalue weighted by Crippen LogP contribution is 2.36. The number of hydrogen-bond acceptors (Lipinski definition) is 9. The lowest BCUT2D eigenvalue weighted by Crippen LogP contribution is -2.53. The first-order valence-corrected chi connectivity index (χ1v) is 13.2. The molecule has 5 rings (SSSR count). The Hall–Kier alpha value is -3.21. The monoisotopic (exact) mass is 543 g/mol. The number of ether oxygens (including phenoxy) is 3. The van der Waals surface area contributed by atoms with Crippen molar-refractivity contribution >= 4 is 40.0 Å². The number of benzene rings is 2. The van der Waals surface area contributed by atoms with Crippen molar-refractivity contribution in [3.8, 4) is 11.5 Å². The van der Waals surface area contributed by atoms with Crippen LogP contribution in [0.3, 0.4) is 0 Å². The van der Waals surface area contributed by atoms with Crippen LogP contribution in [0.15, 0.2) is 36.7 Å². The summed E-state index contributed by atoms with van der Waals surface area (Å²) < 4.78 is 31.1. The van der Waals surface area contributed by atoms with E-state index >= 15 is 0 Å². The van der Waals surface area contributed by atoms with E-state index < -0.39 is 5.82 Å². The summed E-state index contributed by atoms with van der Waals surface area (Å²) in [5.41, 5.74) is 1.28. The van der Waals surface area contributed by atoms with Gasteiger partial charge in [0.25, 0.3) is 0 Å². The number of piperazine rings is 1. The van der Waals surface area contributed by atoms with E-state index in [-0.39, 0.29) is 23.3 Å². The Bertz CT molecular complexity index is 1300. The Balaban J connectivity index is 1.29. The number of carbonyl (C=O) groups is 1. The summed E-state index contributed by atoms with van der Waals surface area (Å²) in [5, 5.41) is 3.93. The molecule has 0 amide bonds. The summed E-state index contributed by atoms with van der Waals surface area (Å²) in [4.78, 5) is 24.9. The van der Waals surface area contributed by atoms with Gasteiger partial charge >= 0.3 is 5.97 Å². The molecule has 38 heavy (non-hydrogen) atoms. The summed E-state index contributed by atoms with van der Waals surface area (Å²) in [6, 6.07) is 8.09. The summed E-state index contributed by atoms with van der Waals surface area (Å²) in [5.74, 6) is 1.12. The molecule has 1 N–H and O–H groups in total. The number of aromatic nitrogens is 2. The number of halogens is 2. The number of anilines is 2. The second-order valence-corrected chi connectivity index (χ2v) is 9.87. The van der Waals surface area contributed by atoms with E-state index in [4.69, 9.17) is 25.8 Å². The third-order valence-corrected chi connectivity index (χ3v) is 7.25. The highest BCUT2D eigenvalue weighted by molar-refractivity contribution is 6.31. The van der Waals surface area contributed by atoms with E-state index in [1.807, 2.05) is 12.1 Å². The van der Waals surface area contributed by atoms with Gasteiger partial charge in [0.05, 0.1) is 17.6 Å². The van der Waals surface area contributed by atoms with Gasteiger partial charge in [-0.2, -0.15) is 0 Å². The summed E-state index contributed by atoms with van der Waals surface area (Å²) in [7, 11) is 1.60. The number of nitrogens with zero attached hydrogens (tertiary/aromatic N) is 4. The topological polar surface area (TPSA) is 89.1 Å². The van der Waals surface area contributed by atoms with Gasteiger partial charge in [0.2, 0.25) is 0 Å². The lowest BCUT2D eigenvalue weighted by atomic mass is 10.2. The van der Waals surface area contributed by atoms with Crippen LogP contribution in [0.25, 0.3) is 10.9 Å². The first kappa shape index (κ1) is 26.4. The molecule has 2 fully saturated rings. The minimum atomic E-state index is -0.487. The fourth-order valence-electron chi connectivity index (χ4n) is 4.92. The number of nitrogens with one attached hydrogen (secondary N) is 1. The van der Waals surface area contributed by atoms with Gasteiger partial charge in [-0.1, -0.05) is 18.5 Å². The van der Waals surface area contributed by atoms with Gasteiger partial charge < -0.3 is 19.5 Å². The molecule has 2 aliphatic heterocycles. The van der Waals surface area contributed by atoms with Crippen molar-refractivity contribution in [2.45, 2.75) is 38.5 Å². The summed E-state index contributed by atoms with van der Waals surface area (Å²) in [6.07, 6.45) is 3.46. The van der Waals surface area contributed by atoms with Crippen molar-refractivity contribution in [1.29, 1.82) is 0 Å². The SMILES string of the molecule is CCC(Oc1cc2ncnc(Nc3ccc(F)c(Cl)c3)c2cc1OC)N1CCN(CC2CCC(=O)O2)CC1. The molecule has 0 bridgehead atoms. The van der Waals surface area contributed by atoms with Crippen molar-refractivity contribution < 1.29 is 23.4 Å². The minimum Gasteiger partial charge on any atom is -0.493 e. The highest BCUT2D eigenvalue weighted by Gasteiger charge is 2.29. The molecule has 2 aromatic carbocycles. The Kier molecular flexibility index (Phi) is 8.11. The molecule has 2 atom stereocenters. The van der Waals surface area contributed by atoms with E-state index in [1.165, 1.54) is 18.5 Å². The van der Waals surface area contributed by atoms with Crippen LogP contribution >= 0.6 is 11.6 Å². The first-order valence-electron chi connectivity index (χ1n) is 12.8. The van der Waals surface area contributed by atoms with Crippen molar-refractivity contribution in [3.63, 3.8) is 0 Å². The Morgan fingerprint density at radius 2 is 2.00 bits per heavy atom. The number of carbonyl (C=O) groups excluding carboxylic acids is 1. The average molecular weight is 544 g/mol. The fraction of sp³-hybridized carbons (Fsp3) is 0.444. The predicted molar refractivity (Wildman–Crippen MR) is 143 cm³/mol. The molecule has 2 unspecified atom stereocenters. The maximum Gasteiger partial charge on any atom is 0.306 e. The van der Waals surface area contributed by atoms with Crippen LogP contribution in [0.4, 0.5) is 15.9 Å². The molecule has 3 heterocycles. The van der Waals surface area contributed by atoms with Crippen molar-refractivity contribution in [2.75, 3.05) is 45.2 Å². The molecule has 2 saturated heterocycles. The predicted octanol–water partition coefficient (Wildman–Crippen LogP) is 4.61. The van der Waals surface area contributed by atoms with Gasteiger partial charge in [0, 0.05) is 56.3 Å². The van der Waals surface area contributed by atoms with Crippen molar-refractivity contribution in [3.05, 3.63) is 47.5 Å². The standard InChI is InChI=1S/C27H31ClFN5O4/c1-3-25(34-10-8-33(9-11-34)15-18-5-7-26(35)37-18)38-24-14-22-19(13-23(24)36-2)27(31-16-30-22)32-17-4-6-21(29)20(28)12-17/h4,6,12-14,16,18,25H,3,5,7-11,15H2,1-2H3,(H,30,31,32). The Labute approximate surface area is 225 Å². The van der Waals surface area contributed by atoms with E-state index in [0.29, 0.717) is 34.9 Å². The van der Waals surface area contributed by atoms with Gasteiger partial charge in [-0.05, 0) is 37.1 Å². The number of hydrogen-bond donors (Lipinski definition) is 1. The van der Waals surface area contributed by atoms with Gasteiger partial charge in [0.15, 0.2) is 17.7 Å². The smallest absolute Gasteiger partial charge is 0.306 e. The largest absolute Gasteiger partial charge is 0.493 e.